The van der Waals surface area contributed by atoms with Crippen LogP contribution in [0, 0.1) is 0 Å². The number of aromatic nitrogens is 1. The van der Waals surface area contributed by atoms with E-state index in [0.717, 1.165) is 19.4 Å². The number of likely N-dealkylation sites (tertiary alicyclic amines) is 1. The van der Waals surface area contributed by atoms with Crippen molar-refractivity contribution < 1.29 is 9.59 Å². The van der Waals surface area contributed by atoms with Crippen molar-refractivity contribution in [3.8, 4) is 0 Å². The predicted molar refractivity (Wildman–Crippen MR) is 67.0 cm³/mol. The zero-order valence-electron chi connectivity index (χ0n) is 10.3. The Morgan fingerprint density at radius 1 is 1.39 bits per heavy atom. The summed E-state index contributed by atoms with van der Waals surface area (Å²) in [6, 6.07) is 5.21. The van der Waals surface area contributed by atoms with E-state index in [2.05, 4.69) is 10.3 Å². The van der Waals surface area contributed by atoms with Crippen molar-refractivity contribution in [3.63, 3.8) is 0 Å². The third-order valence-electron chi connectivity index (χ3n) is 2.99. The summed E-state index contributed by atoms with van der Waals surface area (Å²) in [5, 5.41) is 2.77. The number of nitrogens with one attached hydrogen (secondary N) is 1. The molecule has 0 atom stereocenters. The maximum atomic E-state index is 11.7. The molecule has 1 fully saturated rings. The molecule has 1 N–H and O–H groups in total. The van der Waals surface area contributed by atoms with Gasteiger partial charge in [-0.2, -0.15) is 0 Å². The quantitative estimate of drug-likeness (QED) is 0.857. The summed E-state index contributed by atoms with van der Waals surface area (Å²) >= 11 is 0. The van der Waals surface area contributed by atoms with Crippen molar-refractivity contribution >= 4 is 11.8 Å². The average molecular weight is 247 g/mol. The van der Waals surface area contributed by atoms with Crippen molar-refractivity contribution in [3.05, 3.63) is 30.1 Å². The molecule has 0 radical (unpaired) electrons. The van der Waals surface area contributed by atoms with Crippen LogP contribution < -0.4 is 5.32 Å². The first kappa shape index (κ1) is 12.5. The van der Waals surface area contributed by atoms with Crippen LogP contribution in [0.2, 0.25) is 0 Å². The number of amides is 2. The first-order valence-corrected chi connectivity index (χ1v) is 6.24. The van der Waals surface area contributed by atoms with Gasteiger partial charge in [0.05, 0.1) is 0 Å². The molecule has 0 aromatic carbocycles. The summed E-state index contributed by atoms with van der Waals surface area (Å²) in [4.78, 5) is 29.0. The maximum absolute atomic E-state index is 11.7. The summed E-state index contributed by atoms with van der Waals surface area (Å²) in [5.74, 6) is -0.00612. The minimum Gasteiger partial charge on any atom is -0.349 e. The molecule has 2 rings (SSSR count). The minimum atomic E-state index is -0.194. The van der Waals surface area contributed by atoms with Gasteiger partial charge in [0.2, 0.25) is 5.91 Å². The molecular formula is C13H17N3O2. The van der Waals surface area contributed by atoms with Crippen molar-refractivity contribution in [1.82, 2.24) is 15.2 Å². The van der Waals surface area contributed by atoms with Crippen molar-refractivity contribution in [1.29, 1.82) is 0 Å². The lowest BCUT2D eigenvalue weighted by Crippen LogP contribution is -2.41. The molecule has 2 amide bonds. The van der Waals surface area contributed by atoms with E-state index in [4.69, 9.17) is 0 Å². The SMILES string of the molecule is O=C(NCCN1CCCCC1=O)c1ccccn1. The van der Waals surface area contributed by atoms with E-state index >= 15 is 0 Å². The molecule has 0 unspecified atom stereocenters. The number of rotatable bonds is 4. The molecule has 0 spiro atoms. The molecule has 0 saturated carbocycles. The van der Waals surface area contributed by atoms with Crippen molar-refractivity contribution in [2.75, 3.05) is 19.6 Å². The van der Waals surface area contributed by atoms with Gasteiger partial charge < -0.3 is 10.2 Å². The largest absolute Gasteiger partial charge is 0.349 e. The first-order chi connectivity index (χ1) is 8.77. The standard InChI is InChI=1S/C13H17N3O2/c17-12-6-2-4-9-16(12)10-8-15-13(18)11-5-1-3-7-14-11/h1,3,5,7H,2,4,6,8-10H2,(H,15,18). The van der Waals surface area contributed by atoms with Gasteiger partial charge in [-0.05, 0) is 25.0 Å². The molecule has 5 nitrogen and oxygen atoms in total. The fraction of sp³-hybridized carbons (Fsp3) is 0.462. The molecule has 0 bridgehead atoms. The lowest BCUT2D eigenvalue weighted by atomic mass is 10.1. The molecule has 0 aliphatic carbocycles. The topological polar surface area (TPSA) is 62.3 Å². The fourth-order valence-electron chi connectivity index (χ4n) is 1.99. The minimum absolute atomic E-state index is 0.188. The monoisotopic (exact) mass is 247 g/mol. The Labute approximate surface area is 106 Å². The van der Waals surface area contributed by atoms with Gasteiger partial charge in [-0.1, -0.05) is 6.07 Å². The van der Waals surface area contributed by atoms with Crippen LogP contribution in [-0.2, 0) is 4.79 Å². The average Bonchev–Trinajstić information content (AvgIpc) is 2.42. The van der Waals surface area contributed by atoms with Gasteiger partial charge in [0.25, 0.3) is 5.91 Å². The highest BCUT2D eigenvalue weighted by Crippen LogP contribution is 2.09. The van der Waals surface area contributed by atoms with Crippen LogP contribution in [0.4, 0.5) is 0 Å². The second-order valence-electron chi connectivity index (χ2n) is 4.31. The van der Waals surface area contributed by atoms with Crippen LogP contribution in [-0.4, -0.2) is 41.3 Å². The van der Waals surface area contributed by atoms with E-state index in [1.807, 2.05) is 4.90 Å². The zero-order valence-corrected chi connectivity index (χ0v) is 10.3. The Morgan fingerprint density at radius 3 is 3.00 bits per heavy atom. The third kappa shape index (κ3) is 3.29. The van der Waals surface area contributed by atoms with E-state index in [0.29, 0.717) is 25.2 Å². The van der Waals surface area contributed by atoms with Crippen LogP contribution in [0.25, 0.3) is 0 Å². The summed E-state index contributed by atoms with van der Waals surface area (Å²) < 4.78 is 0. The zero-order chi connectivity index (χ0) is 12.8. The Balaban J connectivity index is 1.75. The van der Waals surface area contributed by atoms with Gasteiger partial charge >= 0.3 is 0 Å². The van der Waals surface area contributed by atoms with E-state index in [1.54, 1.807) is 24.4 Å². The number of pyridine rings is 1. The van der Waals surface area contributed by atoms with E-state index in [-0.39, 0.29) is 11.8 Å². The molecule has 1 aromatic heterocycles. The summed E-state index contributed by atoms with van der Waals surface area (Å²) in [7, 11) is 0. The summed E-state index contributed by atoms with van der Waals surface area (Å²) in [5.41, 5.74) is 0.405. The van der Waals surface area contributed by atoms with E-state index in [9.17, 15) is 9.59 Å². The number of hydrogen-bond donors (Lipinski definition) is 1. The maximum Gasteiger partial charge on any atom is 0.269 e. The van der Waals surface area contributed by atoms with Crippen LogP contribution in [0.1, 0.15) is 29.8 Å². The van der Waals surface area contributed by atoms with Crippen molar-refractivity contribution in [2.24, 2.45) is 0 Å². The molecule has 2 heterocycles. The number of carbonyl (C=O) groups is 2. The fourth-order valence-corrected chi connectivity index (χ4v) is 1.99. The van der Waals surface area contributed by atoms with Crippen LogP contribution in [0.3, 0.4) is 0 Å². The number of carbonyl (C=O) groups excluding carboxylic acids is 2. The molecule has 1 aromatic rings. The Kier molecular flexibility index (Phi) is 4.28. The number of hydrogen-bond acceptors (Lipinski definition) is 3. The number of piperidine rings is 1. The second kappa shape index (κ2) is 6.14. The van der Waals surface area contributed by atoms with Crippen LogP contribution in [0.5, 0.6) is 0 Å². The first-order valence-electron chi connectivity index (χ1n) is 6.24. The second-order valence-corrected chi connectivity index (χ2v) is 4.31. The lowest BCUT2D eigenvalue weighted by molar-refractivity contribution is -0.133. The predicted octanol–water partition coefficient (Wildman–Crippen LogP) is 0.824. The smallest absolute Gasteiger partial charge is 0.269 e. The molecule has 96 valence electrons. The van der Waals surface area contributed by atoms with Gasteiger partial charge in [-0.15, -0.1) is 0 Å². The van der Waals surface area contributed by atoms with Crippen LogP contribution in [0.15, 0.2) is 24.4 Å². The number of nitrogens with zero attached hydrogens (tertiary/aromatic N) is 2. The van der Waals surface area contributed by atoms with Crippen molar-refractivity contribution in [2.45, 2.75) is 19.3 Å². The van der Waals surface area contributed by atoms with E-state index < -0.39 is 0 Å². The lowest BCUT2D eigenvalue weighted by Gasteiger charge is -2.26. The molecule has 1 aliphatic heterocycles. The summed E-state index contributed by atoms with van der Waals surface area (Å²) in [6.07, 6.45) is 4.26. The molecule has 18 heavy (non-hydrogen) atoms. The highest BCUT2D eigenvalue weighted by molar-refractivity contribution is 5.92. The highest BCUT2D eigenvalue weighted by atomic mass is 16.2. The summed E-state index contributed by atoms with van der Waals surface area (Å²) in [6.45, 7) is 1.86. The molecule has 5 heteroatoms. The molecule has 1 saturated heterocycles. The van der Waals surface area contributed by atoms with Crippen LogP contribution >= 0.6 is 0 Å². The Hall–Kier alpha value is -1.91. The highest BCUT2D eigenvalue weighted by Gasteiger charge is 2.17. The van der Waals surface area contributed by atoms with Gasteiger partial charge in [0.1, 0.15) is 5.69 Å². The molecule has 1 aliphatic rings. The third-order valence-corrected chi connectivity index (χ3v) is 2.99. The van der Waals surface area contributed by atoms with Gasteiger partial charge in [-0.3, -0.25) is 14.6 Å². The normalized spacial score (nSPS) is 15.6. The Bertz CT molecular complexity index is 420. The van der Waals surface area contributed by atoms with Gasteiger partial charge in [-0.25, -0.2) is 0 Å². The van der Waals surface area contributed by atoms with Gasteiger partial charge in [0, 0.05) is 32.3 Å². The van der Waals surface area contributed by atoms with Gasteiger partial charge in [0.15, 0.2) is 0 Å². The molecular weight excluding hydrogens is 230 g/mol. The Morgan fingerprint density at radius 2 is 2.28 bits per heavy atom. The van der Waals surface area contributed by atoms with E-state index in [1.165, 1.54) is 0 Å².